The van der Waals surface area contributed by atoms with E-state index in [0.717, 1.165) is 31.9 Å². The molecule has 1 heterocycles. The van der Waals surface area contributed by atoms with Gasteiger partial charge in [-0.1, -0.05) is 29.5 Å². The maximum absolute atomic E-state index is 12.4. The molecule has 0 atom stereocenters. The van der Waals surface area contributed by atoms with Crippen LogP contribution in [0.2, 0.25) is 0 Å². The zero-order valence-electron chi connectivity index (χ0n) is 15.2. The third-order valence-electron chi connectivity index (χ3n) is 4.27. The second kappa shape index (κ2) is 6.84. The number of aromatic nitrogens is 1. The first-order valence-electron chi connectivity index (χ1n) is 8.17. The van der Waals surface area contributed by atoms with E-state index in [4.69, 9.17) is 4.74 Å². The van der Waals surface area contributed by atoms with Gasteiger partial charge < -0.3 is 9.30 Å². The van der Waals surface area contributed by atoms with Crippen LogP contribution in [-0.2, 0) is 18.3 Å². The molecule has 5 heteroatoms. The molecule has 0 saturated carbocycles. The van der Waals surface area contributed by atoms with Crippen molar-refractivity contribution in [2.45, 2.75) is 27.2 Å². The Hall–Kier alpha value is -2.40. The number of methoxy groups -OCH3 is 1. The summed E-state index contributed by atoms with van der Waals surface area (Å²) in [6.07, 6.45) is 0.289. The van der Waals surface area contributed by atoms with Gasteiger partial charge in [0.25, 0.3) is 5.91 Å². The molecule has 4 nitrogen and oxygen atoms in total. The van der Waals surface area contributed by atoms with Gasteiger partial charge in [0.1, 0.15) is 5.75 Å². The fourth-order valence-corrected chi connectivity index (χ4v) is 4.37. The van der Waals surface area contributed by atoms with Crippen LogP contribution in [0.15, 0.2) is 35.3 Å². The summed E-state index contributed by atoms with van der Waals surface area (Å²) in [5.41, 5.74) is 5.53. The van der Waals surface area contributed by atoms with Gasteiger partial charge in [-0.25, -0.2) is 0 Å². The average molecular weight is 354 g/mol. The van der Waals surface area contributed by atoms with Crippen molar-refractivity contribution in [3.05, 3.63) is 57.4 Å². The molecule has 1 amide bonds. The summed E-state index contributed by atoms with van der Waals surface area (Å²) in [6, 6.07) is 10.1. The van der Waals surface area contributed by atoms with E-state index in [-0.39, 0.29) is 12.3 Å². The molecular weight excluding hydrogens is 332 g/mol. The van der Waals surface area contributed by atoms with Crippen molar-refractivity contribution in [1.82, 2.24) is 4.57 Å². The van der Waals surface area contributed by atoms with E-state index in [1.165, 1.54) is 11.1 Å². The van der Waals surface area contributed by atoms with Gasteiger partial charge in [-0.15, -0.1) is 0 Å². The molecule has 0 aliphatic rings. The second-order valence-electron chi connectivity index (χ2n) is 6.36. The highest BCUT2D eigenvalue weighted by atomic mass is 32.1. The zero-order valence-corrected chi connectivity index (χ0v) is 16.0. The van der Waals surface area contributed by atoms with Gasteiger partial charge in [0.05, 0.1) is 23.7 Å². The molecule has 1 aromatic heterocycles. The molecule has 0 radical (unpaired) electrons. The number of rotatable bonds is 3. The number of hydrogen-bond acceptors (Lipinski definition) is 3. The Bertz CT molecular complexity index is 1030. The van der Waals surface area contributed by atoms with Crippen LogP contribution in [0.25, 0.3) is 10.2 Å². The number of carbonyl (C=O) groups excluding carboxylic acids is 1. The number of carbonyl (C=O) groups is 1. The Morgan fingerprint density at radius 1 is 1.16 bits per heavy atom. The molecule has 0 aliphatic carbocycles. The number of nitrogens with zero attached hydrogens (tertiary/aromatic N) is 2. The number of fused-ring (bicyclic) bond motifs is 1. The van der Waals surface area contributed by atoms with Crippen molar-refractivity contribution in [2.75, 3.05) is 7.11 Å². The molecule has 3 rings (SSSR count). The van der Waals surface area contributed by atoms with Gasteiger partial charge in [0, 0.05) is 7.05 Å². The van der Waals surface area contributed by atoms with Crippen molar-refractivity contribution in [2.24, 2.45) is 12.0 Å². The normalized spacial score (nSPS) is 12.0. The van der Waals surface area contributed by atoms with Gasteiger partial charge in [-0.3, -0.25) is 4.79 Å². The Balaban J connectivity index is 1.94. The highest BCUT2D eigenvalue weighted by molar-refractivity contribution is 7.16. The number of hydrogen-bond donors (Lipinski definition) is 0. The minimum atomic E-state index is -0.138. The number of thiazole rings is 1. The lowest BCUT2D eigenvalue weighted by Gasteiger charge is -2.05. The third-order valence-corrected chi connectivity index (χ3v) is 5.35. The van der Waals surface area contributed by atoms with Gasteiger partial charge in [-0.05, 0) is 55.2 Å². The molecular formula is C20H22N2O2S. The predicted molar refractivity (Wildman–Crippen MR) is 102 cm³/mol. The van der Waals surface area contributed by atoms with E-state index < -0.39 is 0 Å². The first kappa shape index (κ1) is 17.4. The van der Waals surface area contributed by atoms with Crippen LogP contribution in [-0.4, -0.2) is 17.6 Å². The van der Waals surface area contributed by atoms with E-state index in [1.807, 2.05) is 36.7 Å². The molecule has 0 fully saturated rings. The van der Waals surface area contributed by atoms with Crippen LogP contribution >= 0.6 is 11.3 Å². The summed E-state index contributed by atoms with van der Waals surface area (Å²) in [6.45, 7) is 6.15. The lowest BCUT2D eigenvalue weighted by atomic mass is 10.1. The summed E-state index contributed by atoms with van der Waals surface area (Å²) in [5.74, 6) is 0.691. The molecule has 3 aromatic rings. The second-order valence-corrected chi connectivity index (χ2v) is 7.37. The number of benzene rings is 2. The van der Waals surface area contributed by atoms with Crippen molar-refractivity contribution in [3.8, 4) is 5.75 Å². The van der Waals surface area contributed by atoms with Gasteiger partial charge in [-0.2, -0.15) is 4.99 Å². The van der Waals surface area contributed by atoms with Crippen LogP contribution in [0.5, 0.6) is 5.75 Å². The first-order valence-corrected chi connectivity index (χ1v) is 8.98. The first-order chi connectivity index (χ1) is 11.9. The lowest BCUT2D eigenvalue weighted by molar-refractivity contribution is -0.117. The SMILES string of the molecule is COc1ccc(CC(=O)N=c2sc3cc(C)cc(C)c3n2C)cc1C. The topological polar surface area (TPSA) is 43.6 Å². The van der Waals surface area contributed by atoms with Crippen LogP contribution in [0.1, 0.15) is 22.3 Å². The quantitative estimate of drug-likeness (QED) is 0.717. The van der Waals surface area contributed by atoms with Gasteiger partial charge in [0.2, 0.25) is 0 Å². The minimum Gasteiger partial charge on any atom is -0.496 e. The smallest absolute Gasteiger partial charge is 0.252 e. The average Bonchev–Trinajstić information content (AvgIpc) is 2.83. The summed E-state index contributed by atoms with van der Waals surface area (Å²) >= 11 is 1.56. The van der Waals surface area contributed by atoms with Gasteiger partial charge in [0.15, 0.2) is 4.80 Å². The maximum atomic E-state index is 12.4. The van der Waals surface area contributed by atoms with Crippen LogP contribution < -0.4 is 9.54 Å². The minimum absolute atomic E-state index is 0.138. The Kier molecular flexibility index (Phi) is 4.77. The van der Waals surface area contributed by atoms with E-state index in [1.54, 1.807) is 18.4 Å². The van der Waals surface area contributed by atoms with Crippen LogP contribution in [0.3, 0.4) is 0 Å². The molecule has 0 N–H and O–H groups in total. The molecule has 0 aliphatic heterocycles. The molecule has 2 aromatic carbocycles. The number of ether oxygens (including phenoxy) is 1. The highest BCUT2D eigenvalue weighted by Gasteiger charge is 2.09. The van der Waals surface area contributed by atoms with E-state index >= 15 is 0 Å². The monoisotopic (exact) mass is 354 g/mol. The lowest BCUT2D eigenvalue weighted by Crippen LogP contribution is -2.14. The fraction of sp³-hybridized carbons (Fsp3) is 0.300. The third kappa shape index (κ3) is 3.51. The molecule has 130 valence electrons. The van der Waals surface area contributed by atoms with Crippen molar-refractivity contribution >= 4 is 27.5 Å². The molecule has 0 unspecified atom stereocenters. The zero-order chi connectivity index (χ0) is 18.1. The fourth-order valence-electron chi connectivity index (χ4n) is 3.16. The van der Waals surface area contributed by atoms with E-state index in [9.17, 15) is 4.79 Å². The highest BCUT2D eigenvalue weighted by Crippen LogP contribution is 2.22. The van der Waals surface area contributed by atoms with Gasteiger partial charge >= 0.3 is 0 Å². The molecule has 25 heavy (non-hydrogen) atoms. The number of aryl methyl sites for hydroxylation is 4. The summed E-state index contributed by atoms with van der Waals surface area (Å²) in [4.78, 5) is 17.5. The van der Waals surface area contributed by atoms with E-state index in [0.29, 0.717) is 0 Å². The molecule has 0 spiro atoms. The molecule has 0 saturated heterocycles. The van der Waals surface area contributed by atoms with E-state index in [2.05, 4.69) is 31.0 Å². The Labute approximate surface area is 151 Å². The number of amides is 1. The maximum Gasteiger partial charge on any atom is 0.252 e. The van der Waals surface area contributed by atoms with Crippen molar-refractivity contribution in [3.63, 3.8) is 0 Å². The molecule has 0 bridgehead atoms. The summed E-state index contributed by atoms with van der Waals surface area (Å²) in [7, 11) is 3.61. The largest absolute Gasteiger partial charge is 0.496 e. The van der Waals surface area contributed by atoms with Crippen molar-refractivity contribution < 1.29 is 9.53 Å². The van der Waals surface area contributed by atoms with Crippen LogP contribution in [0.4, 0.5) is 0 Å². The summed E-state index contributed by atoms with van der Waals surface area (Å²) in [5, 5.41) is 0. The Morgan fingerprint density at radius 2 is 1.92 bits per heavy atom. The predicted octanol–water partition coefficient (Wildman–Crippen LogP) is 3.84. The standard InChI is InChI=1S/C20H22N2O2S/c1-12-8-14(3)19-17(9-12)25-20(22(19)4)21-18(23)11-15-6-7-16(24-5)13(2)10-15/h6-10H,11H2,1-5H3. The Morgan fingerprint density at radius 3 is 2.60 bits per heavy atom. The summed E-state index contributed by atoms with van der Waals surface area (Å²) < 4.78 is 8.43. The van der Waals surface area contributed by atoms with Crippen LogP contribution in [0, 0.1) is 20.8 Å². The van der Waals surface area contributed by atoms with Crippen molar-refractivity contribution in [1.29, 1.82) is 0 Å².